The highest BCUT2D eigenvalue weighted by atomic mass is 79.9. The van der Waals surface area contributed by atoms with Crippen LogP contribution in [0.1, 0.15) is 0 Å². The van der Waals surface area contributed by atoms with Crippen molar-refractivity contribution in [2.75, 3.05) is 30.4 Å². The Kier molecular flexibility index (Phi) is 3.43. The molecule has 1 fully saturated rings. The number of anilines is 2. The average Bonchev–Trinajstić information content (AvgIpc) is 2.32. The molecular formula is C9H12BrN5O2. The summed E-state index contributed by atoms with van der Waals surface area (Å²) in [6.45, 7) is 1.30. The molecule has 0 bridgehead atoms. The van der Waals surface area contributed by atoms with Crippen molar-refractivity contribution in [3.05, 3.63) is 10.7 Å². The molecule has 17 heavy (non-hydrogen) atoms. The first-order valence-electron chi connectivity index (χ1n) is 5.01. The van der Waals surface area contributed by atoms with Crippen LogP contribution in [0.4, 0.5) is 11.8 Å². The lowest BCUT2D eigenvalue weighted by atomic mass is 10.2. The van der Waals surface area contributed by atoms with E-state index in [2.05, 4.69) is 25.9 Å². The molecule has 1 atom stereocenters. The molecule has 0 aliphatic carbocycles. The molecule has 0 spiro atoms. The Morgan fingerprint density at radius 2 is 2.41 bits per heavy atom. The fraction of sp³-hybridized carbons (Fsp3) is 0.444. The van der Waals surface area contributed by atoms with E-state index in [0.717, 1.165) is 0 Å². The summed E-state index contributed by atoms with van der Waals surface area (Å²) in [4.78, 5) is 21.1. The van der Waals surface area contributed by atoms with Gasteiger partial charge in [0, 0.05) is 12.7 Å². The molecule has 1 unspecified atom stereocenters. The van der Waals surface area contributed by atoms with Gasteiger partial charge < -0.3 is 21.1 Å². The molecule has 0 aromatic carbocycles. The molecule has 1 aliphatic heterocycles. The molecule has 1 aromatic rings. The smallest absolute Gasteiger partial charge is 0.242 e. The van der Waals surface area contributed by atoms with Crippen molar-refractivity contribution in [1.29, 1.82) is 0 Å². The predicted octanol–water partition coefficient (Wildman–Crippen LogP) is -0.488. The number of nitrogen functional groups attached to an aromatic ring is 1. The van der Waals surface area contributed by atoms with Crippen molar-refractivity contribution >= 4 is 33.6 Å². The van der Waals surface area contributed by atoms with Crippen molar-refractivity contribution in [3.63, 3.8) is 0 Å². The number of ether oxygens (including phenoxy) is 1. The van der Waals surface area contributed by atoms with Crippen LogP contribution >= 0.6 is 15.9 Å². The fourth-order valence-electron chi connectivity index (χ4n) is 1.67. The summed E-state index contributed by atoms with van der Waals surface area (Å²) >= 11 is 3.33. The lowest BCUT2D eigenvalue weighted by Crippen LogP contribution is -2.53. The average molecular weight is 302 g/mol. The topological polar surface area (TPSA) is 107 Å². The molecule has 1 aromatic heterocycles. The van der Waals surface area contributed by atoms with Gasteiger partial charge in [0.25, 0.3) is 0 Å². The largest absolute Gasteiger partial charge is 0.377 e. The number of primary amides is 1. The second-order valence-corrected chi connectivity index (χ2v) is 4.44. The van der Waals surface area contributed by atoms with Gasteiger partial charge in [0.15, 0.2) is 0 Å². The molecular weight excluding hydrogens is 290 g/mol. The van der Waals surface area contributed by atoms with Crippen molar-refractivity contribution in [3.8, 4) is 0 Å². The molecule has 0 radical (unpaired) electrons. The van der Waals surface area contributed by atoms with Crippen LogP contribution in [0.3, 0.4) is 0 Å². The van der Waals surface area contributed by atoms with E-state index < -0.39 is 11.9 Å². The SMILES string of the molecule is NC(=O)C1COCCN1c1nc(N)ncc1Br. The molecule has 4 N–H and O–H groups in total. The van der Waals surface area contributed by atoms with Crippen LogP contribution < -0.4 is 16.4 Å². The van der Waals surface area contributed by atoms with E-state index in [1.54, 1.807) is 11.1 Å². The number of nitrogens with two attached hydrogens (primary N) is 2. The minimum atomic E-state index is -0.533. The number of carbonyl (C=O) groups excluding carboxylic acids is 1. The Balaban J connectivity index is 2.35. The van der Waals surface area contributed by atoms with Crippen LogP contribution in [0.25, 0.3) is 0 Å². The highest BCUT2D eigenvalue weighted by Crippen LogP contribution is 2.26. The van der Waals surface area contributed by atoms with Gasteiger partial charge in [-0.2, -0.15) is 4.98 Å². The summed E-state index contributed by atoms with van der Waals surface area (Å²) in [6.07, 6.45) is 1.55. The van der Waals surface area contributed by atoms with Crippen LogP contribution in [-0.2, 0) is 9.53 Å². The number of morpholine rings is 1. The number of nitrogens with zero attached hydrogens (tertiary/aromatic N) is 3. The molecule has 7 nitrogen and oxygen atoms in total. The van der Waals surface area contributed by atoms with E-state index in [-0.39, 0.29) is 12.6 Å². The number of amides is 1. The number of rotatable bonds is 2. The molecule has 92 valence electrons. The number of halogens is 1. The van der Waals surface area contributed by atoms with Gasteiger partial charge in [-0.15, -0.1) is 0 Å². The van der Waals surface area contributed by atoms with E-state index in [1.807, 2.05) is 0 Å². The Labute approximate surface area is 106 Å². The Morgan fingerprint density at radius 1 is 1.65 bits per heavy atom. The third kappa shape index (κ3) is 2.47. The third-order valence-corrected chi connectivity index (χ3v) is 3.03. The third-order valence-electron chi connectivity index (χ3n) is 2.47. The zero-order chi connectivity index (χ0) is 12.4. The lowest BCUT2D eigenvalue weighted by molar-refractivity contribution is -0.121. The zero-order valence-corrected chi connectivity index (χ0v) is 10.6. The molecule has 0 saturated carbocycles. The van der Waals surface area contributed by atoms with Gasteiger partial charge in [0.2, 0.25) is 11.9 Å². The van der Waals surface area contributed by atoms with Gasteiger partial charge in [-0.25, -0.2) is 4.98 Å². The van der Waals surface area contributed by atoms with E-state index in [4.69, 9.17) is 16.2 Å². The van der Waals surface area contributed by atoms with Gasteiger partial charge in [-0.3, -0.25) is 4.79 Å². The summed E-state index contributed by atoms with van der Waals surface area (Å²) in [6, 6.07) is -0.533. The molecule has 1 aliphatic rings. The van der Waals surface area contributed by atoms with Crippen molar-refractivity contribution in [2.24, 2.45) is 5.73 Å². The number of aromatic nitrogens is 2. The molecule has 1 saturated heterocycles. The normalized spacial score (nSPS) is 20.3. The van der Waals surface area contributed by atoms with Gasteiger partial charge >= 0.3 is 0 Å². The van der Waals surface area contributed by atoms with Gasteiger partial charge in [-0.1, -0.05) is 0 Å². The first-order chi connectivity index (χ1) is 8.09. The fourth-order valence-corrected chi connectivity index (χ4v) is 2.08. The summed E-state index contributed by atoms with van der Waals surface area (Å²) in [5, 5.41) is 0. The number of hydrogen-bond acceptors (Lipinski definition) is 6. The number of carbonyl (C=O) groups is 1. The molecule has 1 amide bonds. The van der Waals surface area contributed by atoms with E-state index >= 15 is 0 Å². The second kappa shape index (κ2) is 4.84. The number of hydrogen-bond donors (Lipinski definition) is 2. The van der Waals surface area contributed by atoms with E-state index in [0.29, 0.717) is 23.4 Å². The minimum Gasteiger partial charge on any atom is -0.377 e. The highest BCUT2D eigenvalue weighted by Gasteiger charge is 2.30. The first-order valence-corrected chi connectivity index (χ1v) is 5.80. The highest BCUT2D eigenvalue weighted by molar-refractivity contribution is 9.10. The van der Waals surface area contributed by atoms with Crippen LogP contribution in [0.2, 0.25) is 0 Å². The summed E-state index contributed by atoms with van der Waals surface area (Å²) in [7, 11) is 0. The van der Waals surface area contributed by atoms with E-state index in [9.17, 15) is 4.79 Å². The first kappa shape index (κ1) is 12.1. The van der Waals surface area contributed by atoms with Gasteiger partial charge in [0.1, 0.15) is 11.9 Å². The van der Waals surface area contributed by atoms with Gasteiger partial charge in [-0.05, 0) is 15.9 Å². The Hall–Kier alpha value is -1.41. The zero-order valence-electron chi connectivity index (χ0n) is 8.97. The molecule has 2 heterocycles. The maximum absolute atomic E-state index is 11.3. The maximum atomic E-state index is 11.3. The second-order valence-electron chi connectivity index (χ2n) is 3.59. The summed E-state index contributed by atoms with van der Waals surface area (Å²) in [5.74, 6) is 0.260. The van der Waals surface area contributed by atoms with Crippen molar-refractivity contribution in [2.45, 2.75) is 6.04 Å². The Bertz CT molecular complexity index is 441. The Morgan fingerprint density at radius 3 is 3.12 bits per heavy atom. The van der Waals surface area contributed by atoms with Crippen molar-refractivity contribution < 1.29 is 9.53 Å². The van der Waals surface area contributed by atoms with Crippen LogP contribution in [0.15, 0.2) is 10.7 Å². The van der Waals surface area contributed by atoms with Crippen molar-refractivity contribution in [1.82, 2.24) is 9.97 Å². The van der Waals surface area contributed by atoms with Crippen LogP contribution in [0, 0.1) is 0 Å². The lowest BCUT2D eigenvalue weighted by Gasteiger charge is -2.34. The molecule has 2 rings (SSSR count). The minimum absolute atomic E-state index is 0.151. The maximum Gasteiger partial charge on any atom is 0.242 e. The van der Waals surface area contributed by atoms with Crippen LogP contribution in [-0.4, -0.2) is 41.7 Å². The van der Waals surface area contributed by atoms with Gasteiger partial charge in [0.05, 0.1) is 17.7 Å². The summed E-state index contributed by atoms with van der Waals surface area (Å²) in [5.41, 5.74) is 10.9. The standard InChI is InChI=1S/C9H12BrN5O2/c10-5-3-13-9(12)14-8(5)15-1-2-17-4-6(15)7(11)16/h3,6H,1-2,4H2,(H2,11,16)(H2,12,13,14). The monoisotopic (exact) mass is 301 g/mol. The summed E-state index contributed by atoms with van der Waals surface area (Å²) < 4.78 is 5.90. The quantitative estimate of drug-likeness (QED) is 0.763. The predicted molar refractivity (Wildman–Crippen MR) is 65.3 cm³/mol. The molecule has 8 heteroatoms. The van der Waals surface area contributed by atoms with Crippen LogP contribution in [0.5, 0.6) is 0 Å². The van der Waals surface area contributed by atoms with E-state index in [1.165, 1.54) is 0 Å².